The van der Waals surface area contributed by atoms with E-state index >= 15 is 0 Å². The zero-order valence-corrected chi connectivity index (χ0v) is 11.8. The van der Waals surface area contributed by atoms with Crippen LogP contribution in [0.3, 0.4) is 0 Å². The number of amides is 1. The van der Waals surface area contributed by atoms with Crippen LogP contribution in [0.5, 0.6) is 0 Å². The standard InChI is InChI=1S/C14H17ClFNO3/c15-13-10(6-5-7-11(13)16)14(20)17-9-4-2-1-3-8-12(18)19/h5-7H,1-4,8-9H2,(H,17,20)(H,18,19). The Bertz CT molecular complexity index is 479. The molecule has 0 bridgehead atoms. The molecule has 20 heavy (non-hydrogen) atoms. The van der Waals surface area contributed by atoms with Crippen molar-refractivity contribution in [1.82, 2.24) is 5.32 Å². The first kappa shape index (κ1) is 16.4. The number of carbonyl (C=O) groups is 2. The lowest BCUT2D eigenvalue weighted by atomic mass is 10.1. The van der Waals surface area contributed by atoms with Crippen molar-refractivity contribution in [2.45, 2.75) is 32.1 Å². The van der Waals surface area contributed by atoms with Gasteiger partial charge >= 0.3 is 5.97 Å². The lowest BCUT2D eigenvalue weighted by molar-refractivity contribution is -0.137. The monoisotopic (exact) mass is 301 g/mol. The fourth-order valence-corrected chi connectivity index (χ4v) is 1.94. The molecular weight excluding hydrogens is 285 g/mol. The van der Waals surface area contributed by atoms with Crippen LogP contribution in [-0.4, -0.2) is 23.5 Å². The third-order valence-electron chi connectivity index (χ3n) is 2.80. The molecule has 0 saturated heterocycles. The van der Waals surface area contributed by atoms with E-state index in [9.17, 15) is 14.0 Å². The molecule has 2 N–H and O–H groups in total. The first-order valence-corrected chi connectivity index (χ1v) is 6.84. The van der Waals surface area contributed by atoms with E-state index in [-0.39, 0.29) is 17.0 Å². The lowest BCUT2D eigenvalue weighted by Gasteiger charge is -2.07. The van der Waals surface area contributed by atoms with Crippen LogP contribution in [0.2, 0.25) is 5.02 Å². The van der Waals surface area contributed by atoms with E-state index in [4.69, 9.17) is 16.7 Å². The number of rotatable bonds is 8. The van der Waals surface area contributed by atoms with Crippen LogP contribution in [0.4, 0.5) is 4.39 Å². The molecule has 0 saturated carbocycles. The number of benzene rings is 1. The molecule has 0 fully saturated rings. The Hall–Kier alpha value is -1.62. The minimum atomic E-state index is -0.793. The molecule has 0 aromatic heterocycles. The van der Waals surface area contributed by atoms with Gasteiger partial charge in [-0.25, -0.2) is 4.39 Å². The predicted molar refractivity (Wildman–Crippen MR) is 74.5 cm³/mol. The predicted octanol–water partition coefficient (Wildman–Crippen LogP) is 3.24. The topological polar surface area (TPSA) is 66.4 Å². The maximum absolute atomic E-state index is 13.2. The summed E-state index contributed by atoms with van der Waals surface area (Å²) < 4.78 is 13.2. The van der Waals surface area contributed by atoms with E-state index in [1.165, 1.54) is 18.2 Å². The van der Waals surface area contributed by atoms with Gasteiger partial charge in [0.05, 0.1) is 10.6 Å². The van der Waals surface area contributed by atoms with E-state index in [0.717, 1.165) is 19.3 Å². The summed E-state index contributed by atoms with van der Waals surface area (Å²) in [4.78, 5) is 22.0. The minimum Gasteiger partial charge on any atom is -0.481 e. The average Bonchev–Trinajstić information content (AvgIpc) is 2.40. The van der Waals surface area contributed by atoms with Crippen molar-refractivity contribution in [3.05, 3.63) is 34.6 Å². The summed E-state index contributed by atoms with van der Waals surface area (Å²) in [5.74, 6) is -1.81. The molecule has 1 aromatic rings. The van der Waals surface area contributed by atoms with Crippen LogP contribution in [0.15, 0.2) is 18.2 Å². The molecular formula is C14H17ClFNO3. The molecule has 0 radical (unpaired) electrons. The van der Waals surface area contributed by atoms with E-state index in [0.29, 0.717) is 13.0 Å². The van der Waals surface area contributed by atoms with E-state index in [2.05, 4.69) is 5.32 Å². The van der Waals surface area contributed by atoms with Crippen LogP contribution < -0.4 is 5.32 Å². The summed E-state index contributed by atoms with van der Waals surface area (Å²) in [7, 11) is 0. The third kappa shape index (κ3) is 5.57. The summed E-state index contributed by atoms with van der Waals surface area (Å²) in [5.41, 5.74) is 0.123. The summed E-state index contributed by atoms with van der Waals surface area (Å²) in [5, 5.41) is 10.9. The number of hydrogen-bond acceptors (Lipinski definition) is 2. The summed E-state index contributed by atoms with van der Waals surface area (Å²) in [6.45, 7) is 0.457. The van der Waals surface area contributed by atoms with E-state index in [1.807, 2.05) is 0 Å². The van der Waals surface area contributed by atoms with Gasteiger partial charge in [-0.1, -0.05) is 30.5 Å². The van der Waals surface area contributed by atoms with Gasteiger partial charge in [0.15, 0.2) is 0 Å². The van der Waals surface area contributed by atoms with Gasteiger partial charge in [0, 0.05) is 13.0 Å². The summed E-state index contributed by atoms with van der Waals surface area (Å²) in [6, 6.07) is 4.09. The fourth-order valence-electron chi connectivity index (χ4n) is 1.73. The van der Waals surface area contributed by atoms with Gasteiger partial charge in [0.2, 0.25) is 0 Å². The summed E-state index contributed by atoms with van der Waals surface area (Å²) >= 11 is 5.71. The molecule has 0 aliphatic carbocycles. The molecule has 4 nitrogen and oxygen atoms in total. The Morgan fingerprint density at radius 2 is 1.90 bits per heavy atom. The van der Waals surface area contributed by atoms with Gasteiger partial charge in [0.1, 0.15) is 5.82 Å². The van der Waals surface area contributed by atoms with E-state index < -0.39 is 17.7 Å². The second kappa shape index (κ2) is 8.53. The molecule has 0 spiro atoms. The Morgan fingerprint density at radius 3 is 2.60 bits per heavy atom. The van der Waals surface area contributed by atoms with Gasteiger partial charge in [-0.3, -0.25) is 9.59 Å². The highest BCUT2D eigenvalue weighted by Gasteiger charge is 2.12. The summed E-state index contributed by atoms with van der Waals surface area (Å²) in [6.07, 6.45) is 3.20. The van der Waals surface area contributed by atoms with Crippen molar-refractivity contribution >= 4 is 23.5 Å². The molecule has 0 aliphatic heterocycles. The SMILES string of the molecule is O=C(O)CCCCCCNC(=O)c1cccc(F)c1Cl. The van der Waals surface area contributed by atoms with Gasteiger partial charge < -0.3 is 10.4 Å². The van der Waals surface area contributed by atoms with Crippen molar-refractivity contribution < 1.29 is 19.1 Å². The average molecular weight is 302 g/mol. The highest BCUT2D eigenvalue weighted by atomic mass is 35.5. The maximum Gasteiger partial charge on any atom is 0.303 e. The Morgan fingerprint density at radius 1 is 1.20 bits per heavy atom. The van der Waals surface area contributed by atoms with Gasteiger partial charge in [0.25, 0.3) is 5.91 Å². The molecule has 1 rings (SSSR count). The van der Waals surface area contributed by atoms with Crippen LogP contribution in [-0.2, 0) is 4.79 Å². The Balaban J connectivity index is 2.24. The number of hydrogen-bond donors (Lipinski definition) is 2. The largest absolute Gasteiger partial charge is 0.481 e. The van der Waals surface area contributed by atoms with Crippen LogP contribution in [0.1, 0.15) is 42.5 Å². The Kier molecular flexibility index (Phi) is 7.01. The molecule has 0 atom stereocenters. The highest BCUT2D eigenvalue weighted by molar-refractivity contribution is 6.34. The first-order valence-electron chi connectivity index (χ1n) is 6.46. The Labute approximate surface area is 121 Å². The number of aliphatic carboxylic acids is 1. The molecule has 0 heterocycles. The number of halogens is 2. The van der Waals surface area contributed by atoms with Crippen molar-refractivity contribution in [1.29, 1.82) is 0 Å². The molecule has 1 amide bonds. The second-order valence-electron chi connectivity index (χ2n) is 4.42. The molecule has 6 heteroatoms. The number of unbranched alkanes of at least 4 members (excludes halogenated alkanes) is 3. The van der Waals surface area contributed by atoms with Gasteiger partial charge in [-0.05, 0) is 25.0 Å². The number of carboxylic acids is 1. The van der Waals surface area contributed by atoms with Crippen LogP contribution in [0.25, 0.3) is 0 Å². The number of carbonyl (C=O) groups excluding carboxylic acids is 1. The van der Waals surface area contributed by atoms with Crippen molar-refractivity contribution in [2.75, 3.05) is 6.54 Å². The van der Waals surface area contributed by atoms with Crippen molar-refractivity contribution in [3.63, 3.8) is 0 Å². The third-order valence-corrected chi connectivity index (χ3v) is 3.18. The van der Waals surface area contributed by atoms with E-state index in [1.54, 1.807) is 0 Å². The van der Waals surface area contributed by atoms with Crippen molar-refractivity contribution in [3.8, 4) is 0 Å². The minimum absolute atomic E-state index is 0.123. The smallest absolute Gasteiger partial charge is 0.303 e. The first-order chi connectivity index (χ1) is 9.52. The highest BCUT2D eigenvalue weighted by Crippen LogP contribution is 2.19. The quantitative estimate of drug-likeness (QED) is 0.724. The van der Waals surface area contributed by atoms with Crippen molar-refractivity contribution in [2.24, 2.45) is 0 Å². The maximum atomic E-state index is 13.2. The number of carboxylic acid groups (broad SMARTS) is 1. The molecule has 1 aromatic carbocycles. The second-order valence-corrected chi connectivity index (χ2v) is 4.79. The van der Waals surface area contributed by atoms with Crippen LogP contribution in [0, 0.1) is 5.82 Å². The lowest BCUT2D eigenvalue weighted by Crippen LogP contribution is -2.24. The zero-order chi connectivity index (χ0) is 15.0. The molecule has 0 unspecified atom stereocenters. The van der Waals surface area contributed by atoms with Gasteiger partial charge in [-0.2, -0.15) is 0 Å². The van der Waals surface area contributed by atoms with Crippen LogP contribution >= 0.6 is 11.6 Å². The normalized spacial score (nSPS) is 10.3. The number of nitrogens with one attached hydrogen (secondary N) is 1. The van der Waals surface area contributed by atoms with Gasteiger partial charge in [-0.15, -0.1) is 0 Å². The zero-order valence-electron chi connectivity index (χ0n) is 11.0. The fraction of sp³-hybridized carbons (Fsp3) is 0.429. The molecule has 0 aliphatic rings. The molecule has 110 valence electrons.